The largest absolute Gasteiger partial charge is 0.476 e. The van der Waals surface area contributed by atoms with Gasteiger partial charge in [-0.1, -0.05) is 6.07 Å². The second-order valence-electron chi connectivity index (χ2n) is 3.63. The van der Waals surface area contributed by atoms with Crippen LogP contribution in [-0.4, -0.2) is 32.6 Å². The molecule has 2 N–H and O–H groups in total. The Morgan fingerprint density at radius 3 is 2.89 bits per heavy atom. The smallest absolute Gasteiger partial charge is 0.356 e. The number of carbonyl (C=O) groups is 1. The SMILES string of the molecule is O=C(O)c1cncc(NCCc2cccnc2)n1. The maximum absolute atomic E-state index is 10.7. The fraction of sp³-hybridized carbons (Fsp3) is 0.167. The molecule has 6 nitrogen and oxygen atoms in total. The predicted molar refractivity (Wildman–Crippen MR) is 65.4 cm³/mol. The van der Waals surface area contributed by atoms with Crippen molar-refractivity contribution in [3.05, 3.63) is 48.2 Å². The Morgan fingerprint density at radius 2 is 2.17 bits per heavy atom. The molecule has 0 fully saturated rings. The van der Waals surface area contributed by atoms with Crippen LogP contribution in [0.2, 0.25) is 0 Å². The van der Waals surface area contributed by atoms with Crippen molar-refractivity contribution in [2.24, 2.45) is 0 Å². The Hall–Kier alpha value is -2.50. The maximum Gasteiger partial charge on any atom is 0.356 e. The first-order valence-corrected chi connectivity index (χ1v) is 5.44. The van der Waals surface area contributed by atoms with E-state index < -0.39 is 5.97 Å². The number of aromatic nitrogens is 3. The molecule has 0 atom stereocenters. The molecule has 0 unspecified atom stereocenters. The van der Waals surface area contributed by atoms with E-state index in [-0.39, 0.29) is 5.69 Å². The Labute approximate surface area is 104 Å². The number of rotatable bonds is 5. The van der Waals surface area contributed by atoms with Gasteiger partial charge in [0.2, 0.25) is 0 Å². The van der Waals surface area contributed by atoms with E-state index in [9.17, 15) is 4.79 Å². The van der Waals surface area contributed by atoms with Gasteiger partial charge in [0, 0.05) is 18.9 Å². The van der Waals surface area contributed by atoms with Crippen molar-refractivity contribution in [2.45, 2.75) is 6.42 Å². The molecule has 0 amide bonds. The van der Waals surface area contributed by atoms with Crippen LogP contribution in [0.3, 0.4) is 0 Å². The standard InChI is InChI=1S/C12H12N4O2/c17-12(18)10-7-14-8-11(16-10)15-5-3-9-2-1-4-13-6-9/h1-2,4,6-8H,3,5H2,(H,15,16)(H,17,18). The first-order valence-electron chi connectivity index (χ1n) is 5.44. The molecule has 92 valence electrons. The molecule has 2 aromatic rings. The van der Waals surface area contributed by atoms with E-state index in [0.29, 0.717) is 12.4 Å². The molecule has 18 heavy (non-hydrogen) atoms. The van der Waals surface area contributed by atoms with Gasteiger partial charge in [0.25, 0.3) is 0 Å². The minimum atomic E-state index is -1.08. The minimum Gasteiger partial charge on any atom is -0.476 e. The number of hydrogen-bond acceptors (Lipinski definition) is 5. The van der Waals surface area contributed by atoms with Gasteiger partial charge in [-0.3, -0.25) is 9.97 Å². The fourth-order valence-corrected chi connectivity index (χ4v) is 1.44. The third-order valence-electron chi connectivity index (χ3n) is 2.30. The topological polar surface area (TPSA) is 88.0 Å². The second-order valence-corrected chi connectivity index (χ2v) is 3.63. The van der Waals surface area contributed by atoms with Gasteiger partial charge in [0.1, 0.15) is 5.82 Å². The lowest BCUT2D eigenvalue weighted by molar-refractivity contribution is 0.0690. The highest BCUT2D eigenvalue weighted by Crippen LogP contribution is 2.03. The lowest BCUT2D eigenvalue weighted by Crippen LogP contribution is -2.09. The van der Waals surface area contributed by atoms with Gasteiger partial charge in [0.05, 0.1) is 12.4 Å². The summed E-state index contributed by atoms with van der Waals surface area (Å²) < 4.78 is 0. The van der Waals surface area contributed by atoms with Gasteiger partial charge in [-0.2, -0.15) is 0 Å². The molecule has 0 aromatic carbocycles. The van der Waals surface area contributed by atoms with E-state index in [4.69, 9.17) is 5.11 Å². The predicted octanol–water partition coefficient (Wildman–Crippen LogP) is 1.22. The number of carboxylic acids is 1. The summed E-state index contributed by atoms with van der Waals surface area (Å²) in [7, 11) is 0. The number of nitrogens with one attached hydrogen (secondary N) is 1. The van der Waals surface area contributed by atoms with Crippen LogP contribution in [0.4, 0.5) is 5.82 Å². The van der Waals surface area contributed by atoms with Crippen LogP contribution in [0.15, 0.2) is 36.9 Å². The molecule has 0 aliphatic rings. The molecule has 0 spiro atoms. The van der Waals surface area contributed by atoms with E-state index in [2.05, 4.69) is 20.3 Å². The van der Waals surface area contributed by atoms with E-state index in [1.54, 1.807) is 12.4 Å². The highest BCUT2D eigenvalue weighted by atomic mass is 16.4. The van der Waals surface area contributed by atoms with E-state index in [1.165, 1.54) is 12.4 Å². The number of hydrogen-bond donors (Lipinski definition) is 2. The van der Waals surface area contributed by atoms with Gasteiger partial charge in [-0.15, -0.1) is 0 Å². The van der Waals surface area contributed by atoms with Crippen molar-refractivity contribution in [2.75, 3.05) is 11.9 Å². The molecule has 0 radical (unpaired) electrons. The van der Waals surface area contributed by atoms with Crippen molar-refractivity contribution < 1.29 is 9.90 Å². The van der Waals surface area contributed by atoms with Gasteiger partial charge < -0.3 is 10.4 Å². The summed E-state index contributed by atoms with van der Waals surface area (Å²) in [6.07, 6.45) is 7.01. The summed E-state index contributed by atoms with van der Waals surface area (Å²) in [5, 5.41) is 11.8. The first-order chi connectivity index (χ1) is 8.75. The minimum absolute atomic E-state index is 0.0682. The zero-order valence-corrected chi connectivity index (χ0v) is 9.58. The van der Waals surface area contributed by atoms with Crippen molar-refractivity contribution in [3.63, 3.8) is 0 Å². The van der Waals surface area contributed by atoms with Gasteiger partial charge in [-0.05, 0) is 18.1 Å². The average Bonchev–Trinajstić information content (AvgIpc) is 2.40. The van der Waals surface area contributed by atoms with Gasteiger partial charge >= 0.3 is 5.97 Å². The lowest BCUT2D eigenvalue weighted by atomic mass is 10.2. The van der Waals surface area contributed by atoms with Crippen LogP contribution < -0.4 is 5.32 Å². The van der Waals surface area contributed by atoms with Crippen LogP contribution >= 0.6 is 0 Å². The quantitative estimate of drug-likeness (QED) is 0.822. The van der Waals surface area contributed by atoms with Crippen LogP contribution in [-0.2, 0) is 6.42 Å². The van der Waals surface area contributed by atoms with Crippen LogP contribution in [0.25, 0.3) is 0 Å². The van der Waals surface area contributed by atoms with Crippen LogP contribution in [0.5, 0.6) is 0 Å². The Bertz CT molecular complexity index is 531. The zero-order valence-electron chi connectivity index (χ0n) is 9.58. The summed E-state index contributed by atoms with van der Waals surface area (Å²) in [6, 6.07) is 3.86. The molecule has 0 aliphatic carbocycles. The van der Waals surface area contributed by atoms with Gasteiger partial charge in [-0.25, -0.2) is 9.78 Å². The Morgan fingerprint density at radius 1 is 1.28 bits per heavy atom. The monoisotopic (exact) mass is 244 g/mol. The molecule has 2 aromatic heterocycles. The summed E-state index contributed by atoms with van der Waals surface area (Å²) in [5.74, 6) is -0.628. The second kappa shape index (κ2) is 5.72. The molecule has 0 aliphatic heterocycles. The Kier molecular flexibility index (Phi) is 3.80. The molecule has 0 bridgehead atoms. The van der Waals surface area contributed by atoms with E-state index in [0.717, 1.165) is 12.0 Å². The fourth-order valence-electron chi connectivity index (χ4n) is 1.44. The highest BCUT2D eigenvalue weighted by molar-refractivity contribution is 5.85. The van der Waals surface area contributed by atoms with E-state index in [1.807, 2.05) is 12.1 Å². The van der Waals surface area contributed by atoms with Crippen LogP contribution in [0.1, 0.15) is 16.1 Å². The van der Waals surface area contributed by atoms with Gasteiger partial charge in [0.15, 0.2) is 5.69 Å². The van der Waals surface area contributed by atoms with Crippen LogP contribution in [0, 0.1) is 0 Å². The maximum atomic E-state index is 10.7. The zero-order chi connectivity index (χ0) is 12.8. The number of pyridine rings is 1. The number of anilines is 1. The number of aromatic carboxylic acids is 1. The molecule has 0 saturated carbocycles. The Balaban J connectivity index is 1.90. The van der Waals surface area contributed by atoms with Crippen molar-refractivity contribution >= 4 is 11.8 Å². The number of nitrogens with zero attached hydrogens (tertiary/aromatic N) is 3. The molecule has 2 heterocycles. The number of carboxylic acid groups (broad SMARTS) is 1. The summed E-state index contributed by atoms with van der Waals surface area (Å²) in [5.41, 5.74) is 1.04. The normalized spacial score (nSPS) is 10.0. The average molecular weight is 244 g/mol. The summed E-state index contributed by atoms with van der Waals surface area (Å²) in [6.45, 7) is 0.642. The molecular weight excluding hydrogens is 232 g/mol. The van der Waals surface area contributed by atoms with Crippen molar-refractivity contribution in [3.8, 4) is 0 Å². The molecule has 6 heteroatoms. The van der Waals surface area contributed by atoms with Crippen molar-refractivity contribution in [1.82, 2.24) is 15.0 Å². The molecule has 2 rings (SSSR count). The summed E-state index contributed by atoms with van der Waals surface area (Å²) in [4.78, 5) is 22.5. The van der Waals surface area contributed by atoms with E-state index >= 15 is 0 Å². The third kappa shape index (κ3) is 3.24. The highest BCUT2D eigenvalue weighted by Gasteiger charge is 2.05. The molecule has 0 saturated heterocycles. The third-order valence-corrected chi connectivity index (χ3v) is 2.30. The van der Waals surface area contributed by atoms with Crippen molar-refractivity contribution in [1.29, 1.82) is 0 Å². The first kappa shape index (κ1) is 12.0. The summed E-state index contributed by atoms with van der Waals surface area (Å²) >= 11 is 0. The lowest BCUT2D eigenvalue weighted by Gasteiger charge is -2.05. The molecular formula is C12H12N4O2.